The van der Waals surface area contributed by atoms with E-state index in [4.69, 9.17) is 28.3 Å². The lowest BCUT2D eigenvalue weighted by atomic mass is 9.51. The monoisotopic (exact) mass is 814 g/mol. The summed E-state index contributed by atoms with van der Waals surface area (Å²) in [5.41, 5.74) is 3.24. The summed E-state index contributed by atoms with van der Waals surface area (Å²) in [5, 5.41) is 19.3. The Balaban J connectivity index is 1.12. The van der Waals surface area contributed by atoms with Gasteiger partial charge in [-0.2, -0.15) is 5.10 Å². The zero-order chi connectivity index (χ0) is 39.8. The minimum absolute atomic E-state index is 0.0988. The molecule has 57 heavy (non-hydrogen) atoms. The van der Waals surface area contributed by atoms with Crippen molar-refractivity contribution >= 4 is 90.5 Å². The van der Waals surface area contributed by atoms with E-state index in [1.54, 1.807) is 53.4 Å². The van der Waals surface area contributed by atoms with Crippen molar-refractivity contribution in [2.24, 2.45) is 36.1 Å². The number of phenols is 1. The molecule has 4 heterocycles. The third-order valence-corrected chi connectivity index (χ3v) is 15.1. The highest BCUT2D eigenvalue weighted by Gasteiger charge is 2.68. The lowest BCUT2D eigenvalue weighted by Crippen LogP contribution is -2.49. The number of phenolic OH excluding ortho intramolecular Hbond substituents is 1. The SMILES string of the molecule is Cc1ccc(N2C(=O)C3CC=C4C(CC5C(=O)N(c6cc(-c7sc8ccc(Cl)cc8c7C)nn6C)C(=O)C5(C)C4c4ccc(O)c5ccccc45)C3C2=O)cc1Cl. The van der Waals surface area contributed by atoms with E-state index in [0.29, 0.717) is 39.1 Å². The van der Waals surface area contributed by atoms with Crippen molar-refractivity contribution < 1.29 is 24.3 Å². The molecule has 0 radical (unpaired) electrons. The van der Waals surface area contributed by atoms with Gasteiger partial charge in [0.1, 0.15) is 17.3 Å². The predicted octanol–water partition coefficient (Wildman–Crippen LogP) is 9.52. The van der Waals surface area contributed by atoms with E-state index in [0.717, 1.165) is 42.6 Å². The van der Waals surface area contributed by atoms with Crippen LogP contribution in [0.4, 0.5) is 11.5 Å². The molecule has 0 bridgehead atoms. The molecule has 2 aromatic heterocycles. The van der Waals surface area contributed by atoms with E-state index >= 15 is 9.59 Å². The van der Waals surface area contributed by atoms with E-state index in [-0.39, 0.29) is 35.8 Å². The summed E-state index contributed by atoms with van der Waals surface area (Å²) in [5.74, 6) is -4.26. The van der Waals surface area contributed by atoms with Gasteiger partial charge in [0, 0.05) is 39.2 Å². The molecule has 9 nitrogen and oxygen atoms in total. The number of benzene rings is 4. The van der Waals surface area contributed by atoms with Gasteiger partial charge in [0.25, 0.3) is 0 Å². The third-order valence-electron chi connectivity index (χ3n) is 13.1. The first kappa shape index (κ1) is 36.1. The van der Waals surface area contributed by atoms with Gasteiger partial charge in [-0.25, -0.2) is 9.80 Å². The fraction of sp³-hybridized carbons (Fsp3) is 0.267. The number of hydrogen-bond acceptors (Lipinski definition) is 7. The standard InChI is InChI=1S/C45H36Cl2N4O5S/c1-21-9-11-24(18-33(21)47)50-41(53)29-13-12-28-31(38(29)43(50)55)19-32-42(54)51(37-20-34(48-49(37)4)40-22(2)30-17-23(46)10-16-36(30)57-40)44(56)45(32,3)39(28)27-14-15-35(52)26-8-6-5-7-25(26)27/h5-12,14-18,20,29,31-32,38-39,52H,13,19H2,1-4H3. The average Bonchev–Trinajstić information content (AvgIpc) is 3.86. The number of aromatic nitrogens is 2. The number of aromatic hydroxyl groups is 1. The van der Waals surface area contributed by atoms with Gasteiger partial charge in [0.2, 0.25) is 23.6 Å². The summed E-state index contributed by atoms with van der Waals surface area (Å²) in [6.45, 7) is 5.74. The van der Waals surface area contributed by atoms with E-state index in [1.165, 1.54) is 9.80 Å². The minimum Gasteiger partial charge on any atom is -0.507 e. The molecule has 6 aromatic rings. The highest BCUT2D eigenvalue weighted by atomic mass is 35.5. The minimum atomic E-state index is -1.28. The number of imide groups is 2. The molecular weight excluding hydrogens is 779 g/mol. The summed E-state index contributed by atoms with van der Waals surface area (Å²) in [4.78, 5) is 62.6. The molecule has 2 aliphatic carbocycles. The molecule has 6 atom stereocenters. The maximum Gasteiger partial charge on any atom is 0.242 e. The number of fused-ring (bicyclic) bond motifs is 6. The molecule has 2 saturated heterocycles. The van der Waals surface area contributed by atoms with Crippen LogP contribution >= 0.6 is 34.5 Å². The van der Waals surface area contributed by atoms with E-state index in [9.17, 15) is 14.7 Å². The van der Waals surface area contributed by atoms with Crippen LogP contribution in [0.1, 0.15) is 42.4 Å². The van der Waals surface area contributed by atoms with Crippen molar-refractivity contribution in [1.82, 2.24) is 9.78 Å². The Morgan fingerprint density at radius 3 is 2.39 bits per heavy atom. The normalized spacial score (nSPS) is 25.7. The van der Waals surface area contributed by atoms with Crippen LogP contribution in [0.25, 0.3) is 31.4 Å². The Kier molecular flexibility index (Phi) is 7.98. The molecule has 12 heteroatoms. The van der Waals surface area contributed by atoms with Crippen molar-refractivity contribution in [3.63, 3.8) is 0 Å². The van der Waals surface area contributed by atoms with Crippen molar-refractivity contribution in [2.45, 2.75) is 39.5 Å². The van der Waals surface area contributed by atoms with Gasteiger partial charge in [0.05, 0.1) is 33.7 Å². The largest absolute Gasteiger partial charge is 0.507 e. The van der Waals surface area contributed by atoms with Gasteiger partial charge < -0.3 is 5.11 Å². The molecule has 4 aliphatic rings. The van der Waals surface area contributed by atoms with Crippen LogP contribution in [0.3, 0.4) is 0 Å². The highest BCUT2D eigenvalue weighted by Crippen LogP contribution is 2.64. The van der Waals surface area contributed by atoms with Crippen LogP contribution in [-0.4, -0.2) is 38.5 Å². The molecule has 286 valence electrons. The van der Waals surface area contributed by atoms with Gasteiger partial charge in [-0.05, 0) is 103 Å². The number of amides is 4. The number of rotatable bonds is 4. The van der Waals surface area contributed by atoms with Crippen LogP contribution in [0, 0.1) is 42.9 Å². The van der Waals surface area contributed by atoms with Gasteiger partial charge in [-0.1, -0.05) is 71.2 Å². The number of thiophene rings is 1. The molecule has 4 aromatic carbocycles. The first-order valence-corrected chi connectivity index (χ1v) is 20.5. The molecule has 3 fully saturated rings. The van der Waals surface area contributed by atoms with Gasteiger partial charge in [-0.3, -0.25) is 23.9 Å². The summed E-state index contributed by atoms with van der Waals surface area (Å²) in [6, 6.07) is 23.7. The molecule has 4 amide bonds. The highest BCUT2D eigenvalue weighted by molar-refractivity contribution is 7.22. The zero-order valence-electron chi connectivity index (χ0n) is 31.4. The van der Waals surface area contributed by atoms with Crippen LogP contribution in [-0.2, 0) is 26.2 Å². The number of aryl methyl sites for hydroxylation is 3. The zero-order valence-corrected chi connectivity index (χ0v) is 33.7. The molecule has 0 spiro atoms. The third kappa shape index (κ3) is 4.96. The Morgan fingerprint density at radius 1 is 0.842 bits per heavy atom. The number of allylic oxidation sites excluding steroid dienone is 2. The van der Waals surface area contributed by atoms with E-state index in [2.05, 4.69) is 0 Å². The summed E-state index contributed by atoms with van der Waals surface area (Å²) < 4.78 is 2.63. The topological polar surface area (TPSA) is 113 Å². The fourth-order valence-corrected chi connectivity index (χ4v) is 11.8. The lowest BCUT2D eigenvalue weighted by Gasteiger charge is -2.49. The van der Waals surface area contributed by atoms with Crippen LogP contribution in [0.5, 0.6) is 5.75 Å². The summed E-state index contributed by atoms with van der Waals surface area (Å²) in [7, 11) is 1.73. The molecule has 1 N–H and O–H groups in total. The van der Waals surface area contributed by atoms with Crippen molar-refractivity contribution in [3.05, 3.63) is 117 Å². The fourth-order valence-electron chi connectivity index (χ4n) is 10.3. The maximum atomic E-state index is 15.4. The number of hydrogen-bond donors (Lipinski definition) is 1. The molecule has 1 saturated carbocycles. The smallest absolute Gasteiger partial charge is 0.242 e. The summed E-state index contributed by atoms with van der Waals surface area (Å²) >= 11 is 14.4. The second kappa shape index (κ2) is 12.6. The van der Waals surface area contributed by atoms with Crippen molar-refractivity contribution in [3.8, 4) is 16.3 Å². The van der Waals surface area contributed by atoms with Crippen LogP contribution < -0.4 is 9.80 Å². The van der Waals surface area contributed by atoms with E-state index in [1.807, 2.05) is 75.4 Å². The number of nitrogens with zero attached hydrogens (tertiary/aromatic N) is 4. The van der Waals surface area contributed by atoms with Gasteiger partial charge in [-0.15, -0.1) is 11.3 Å². The number of halogens is 2. The summed E-state index contributed by atoms with van der Waals surface area (Å²) in [6.07, 6.45) is 2.55. The molecule has 2 aliphatic heterocycles. The van der Waals surface area contributed by atoms with Crippen LogP contribution in [0.15, 0.2) is 90.5 Å². The lowest BCUT2D eigenvalue weighted by molar-refractivity contribution is -0.131. The van der Waals surface area contributed by atoms with Crippen molar-refractivity contribution in [1.29, 1.82) is 0 Å². The Bertz CT molecular complexity index is 2840. The van der Waals surface area contributed by atoms with Crippen LogP contribution in [0.2, 0.25) is 10.0 Å². The second-order valence-corrected chi connectivity index (χ2v) is 17.9. The molecule has 10 rings (SSSR count). The predicted molar refractivity (Wildman–Crippen MR) is 223 cm³/mol. The average molecular weight is 816 g/mol. The number of anilines is 2. The van der Waals surface area contributed by atoms with Crippen molar-refractivity contribution in [2.75, 3.05) is 9.80 Å². The quantitative estimate of drug-likeness (QED) is 0.140. The Labute approximate surface area is 342 Å². The first-order valence-electron chi connectivity index (χ1n) is 19.0. The van der Waals surface area contributed by atoms with Gasteiger partial charge >= 0.3 is 0 Å². The number of carbonyl (C=O) groups is 4. The maximum absolute atomic E-state index is 15.4. The Hall–Kier alpha value is -5.29. The Morgan fingerprint density at radius 2 is 1.61 bits per heavy atom. The number of carbonyl (C=O) groups excluding carboxylic acids is 4. The molecule has 6 unspecified atom stereocenters. The van der Waals surface area contributed by atoms with Gasteiger partial charge in [0.15, 0.2) is 0 Å². The first-order chi connectivity index (χ1) is 27.3. The molecular formula is C45H36Cl2N4O5S. The van der Waals surface area contributed by atoms with E-state index < -0.39 is 35.0 Å². The second-order valence-electron chi connectivity index (χ2n) is 16.0.